The molecule has 0 fully saturated rings. The zero-order chi connectivity index (χ0) is 13.7. The van der Waals surface area contributed by atoms with E-state index in [-0.39, 0.29) is 11.7 Å². The number of halogens is 1. The Hall–Kier alpha value is -1.75. The minimum absolute atomic E-state index is 0.112. The number of hydrogen-bond donors (Lipinski definition) is 3. The molecule has 0 aromatic heterocycles. The van der Waals surface area contributed by atoms with E-state index in [1.807, 2.05) is 13.0 Å². The van der Waals surface area contributed by atoms with E-state index in [1.54, 1.807) is 19.1 Å². The predicted molar refractivity (Wildman–Crippen MR) is 72.0 cm³/mol. The number of anilines is 1. The Labute approximate surface area is 111 Å². The highest BCUT2D eigenvalue weighted by molar-refractivity contribution is 6.33. The molecule has 6 heteroatoms. The number of amidine groups is 1. The fourth-order valence-electron chi connectivity index (χ4n) is 1.55. The van der Waals surface area contributed by atoms with Crippen LogP contribution in [0.25, 0.3) is 0 Å². The molecule has 18 heavy (non-hydrogen) atoms. The van der Waals surface area contributed by atoms with Crippen LogP contribution in [0.3, 0.4) is 0 Å². The average Bonchev–Trinajstić information content (AvgIpc) is 2.34. The zero-order valence-electron chi connectivity index (χ0n) is 10.3. The molecule has 1 unspecified atom stereocenters. The molecule has 4 N–H and O–H groups in total. The first-order valence-electron chi connectivity index (χ1n) is 5.54. The van der Waals surface area contributed by atoms with Gasteiger partial charge in [0.25, 0.3) is 0 Å². The number of hydrogen-bond acceptors (Lipinski definition) is 3. The highest BCUT2D eigenvalue weighted by Gasteiger charge is 2.21. The summed E-state index contributed by atoms with van der Waals surface area (Å²) in [6.45, 7) is 3.67. The van der Waals surface area contributed by atoms with Crippen molar-refractivity contribution >= 4 is 29.0 Å². The van der Waals surface area contributed by atoms with Crippen molar-refractivity contribution in [3.8, 4) is 0 Å². The molecule has 0 aliphatic heterocycles. The van der Waals surface area contributed by atoms with Gasteiger partial charge in [-0.05, 0) is 31.0 Å². The number of nitrogens with zero attached hydrogens (tertiary/aromatic N) is 1. The van der Waals surface area contributed by atoms with Gasteiger partial charge in [-0.25, -0.2) is 0 Å². The highest BCUT2D eigenvalue weighted by atomic mass is 35.5. The Morgan fingerprint density at radius 1 is 1.61 bits per heavy atom. The molecule has 0 saturated heterocycles. The van der Waals surface area contributed by atoms with Gasteiger partial charge in [-0.15, -0.1) is 0 Å². The van der Waals surface area contributed by atoms with E-state index in [2.05, 4.69) is 10.5 Å². The molecule has 5 nitrogen and oxygen atoms in total. The zero-order valence-corrected chi connectivity index (χ0v) is 11.0. The van der Waals surface area contributed by atoms with Crippen LogP contribution in [-0.2, 0) is 4.79 Å². The quantitative estimate of drug-likeness (QED) is 0.339. The molecular formula is C12H16ClN3O2. The lowest BCUT2D eigenvalue weighted by atomic mass is 10.0. The number of carbonyl (C=O) groups excluding carboxylic acids is 1. The lowest BCUT2D eigenvalue weighted by Crippen LogP contribution is -2.34. The minimum Gasteiger partial charge on any atom is -0.409 e. The first-order valence-corrected chi connectivity index (χ1v) is 5.91. The van der Waals surface area contributed by atoms with Crippen LogP contribution in [0.1, 0.15) is 18.9 Å². The van der Waals surface area contributed by atoms with Gasteiger partial charge in [0.2, 0.25) is 5.91 Å². The van der Waals surface area contributed by atoms with Gasteiger partial charge in [0.15, 0.2) is 5.84 Å². The van der Waals surface area contributed by atoms with Crippen molar-refractivity contribution in [3.63, 3.8) is 0 Å². The largest absolute Gasteiger partial charge is 0.409 e. The molecule has 1 aromatic carbocycles. The molecule has 0 bridgehead atoms. The number of nitrogens with one attached hydrogen (secondary N) is 1. The Morgan fingerprint density at radius 2 is 2.28 bits per heavy atom. The van der Waals surface area contributed by atoms with Crippen LogP contribution in [0.15, 0.2) is 23.4 Å². The average molecular weight is 270 g/mol. The first-order chi connectivity index (χ1) is 8.49. The van der Waals surface area contributed by atoms with E-state index in [1.165, 1.54) is 0 Å². The molecule has 0 saturated carbocycles. The number of amides is 1. The Morgan fingerprint density at radius 3 is 2.83 bits per heavy atom. The third-order valence-corrected chi connectivity index (χ3v) is 2.91. The number of nitrogens with two attached hydrogens (primary N) is 1. The Bertz CT molecular complexity index is 474. The van der Waals surface area contributed by atoms with Crippen LogP contribution >= 0.6 is 11.6 Å². The molecule has 1 rings (SSSR count). The molecule has 1 amide bonds. The predicted octanol–water partition coefficient (Wildman–Crippen LogP) is 2.36. The van der Waals surface area contributed by atoms with Crippen LogP contribution in [0.2, 0.25) is 5.02 Å². The summed E-state index contributed by atoms with van der Waals surface area (Å²) in [6, 6.07) is 5.31. The number of carbonyl (C=O) groups is 1. The van der Waals surface area contributed by atoms with E-state index >= 15 is 0 Å². The van der Waals surface area contributed by atoms with Crippen molar-refractivity contribution in [1.82, 2.24) is 0 Å². The van der Waals surface area contributed by atoms with Crippen molar-refractivity contribution in [2.75, 3.05) is 5.32 Å². The maximum Gasteiger partial charge on any atom is 0.235 e. The minimum atomic E-state index is -0.674. The summed E-state index contributed by atoms with van der Waals surface area (Å²) < 4.78 is 0. The number of aryl methyl sites for hydroxylation is 1. The highest BCUT2D eigenvalue weighted by Crippen LogP contribution is 2.23. The molecule has 0 aliphatic carbocycles. The van der Waals surface area contributed by atoms with Gasteiger partial charge in [-0.3, -0.25) is 4.79 Å². The summed E-state index contributed by atoms with van der Waals surface area (Å²) in [5, 5.41) is 14.6. The Balaban J connectivity index is 2.89. The van der Waals surface area contributed by atoms with Gasteiger partial charge in [0.1, 0.15) is 0 Å². The van der Waals surface area contributed by atoms with E-state index in [4.69, 9.17) is 22.5 Å². The Kier molecular flexibility index (Phi) is 4.97. The fourth-order valence-corrected chi connectivity index (χ4v) is 1.72. The first kappa shape index (κ1) is 14.3. The van der Waals surface area contributed by atoms with Crippen LogP contribution in [0.5, 0.6) is 0 Å². The van der Waals surface area contributed by atoms with Crippen LogP contribution in [-0.4, -0.2) is 17.0 Å². The second-order valence-corrected chi connectivity index (χ2v) is 4.37. The smallest absolute Gasteiger partial charge is 0.235 e. The molecule has 98 valence electrons. The van der Waals surface area contributed by atoms with Crippen molar-refractivity contribution in [3.05, 3.63) is 28.8 Å². The van der Waals surface area contributed by atoms with Gasteiger partial charge >= 0.3 is 0 Å². The van der Waals surface area contributed by atoms with Crippen molar-refractivity contribution < 1.29 is 10.0 Å². The van der Waals surface area contributed by atoms with E-state index in [0.717, 1.165) is 5.56 Å². The molecule has 0 aliphatic rings. The summed E-state index contributed by atoms with van der Waals surface area (Å²) in [5.41, 5.74) is 6.95. The van der Waals surface area contributed by atoms with Gasteiger partial charge in [-0.1, -0.05) is 29.7 Å². The lowest BCUT2D eigenvalue weighted by Gasteiger charge is -2.14. The normalized spacial score (nSPS) is 13.2. The van der Waals surface area contributed by atoms with Crippen molar-refractivity contribution in [2.24, 2.45) is 16.8 Å². The van der Waals surface area contributed by atoms with E-state index in [0.29, 0.717) is 17.1 Å². The maximum absolute atomic E-state index is 12.0. The van der Waals surface area contributed by atoms with Crippen LogP contribution < -0.4 is 11.1 Å². The summed E-state index contributed by atoms with van der Waals surface area (Å²) >= 11 is 5.98. The molecule has 0 spiro atoms. The second-order valence-electron chi connectivity index (χ2n) is 3.96. The molecule has 0 heterocycles. The molecule has 1 aromatic rings. The lowest BCUT2D eigenvalue weighted by molar-refractivity contribution is -0.118. The number of rotatable bonds is 4. The molecular weight excluding hydrogens is 254 g/mol. The van der Waals surface area contributed by atoms with Crippen molar-refractivity contribution in [1.29, 1.82) is 0 Å². The second kappa shape index (κ2) is 6.26. The third-order valence-electron chi connectivity index (χ3n) is 2.58. The van der Waals surface area contributed by atoms with Gasteiger partial charge in [0, 0.05) is 0 Å². The number of benzene rings is 1. The summed E-state index contributed by atoms with van der Waals surface area (Å²) in [7, 11) is 0. The fraction of sp³-hybridized carbons (Fsp3) is 0.333. The van der Waals surface area contributed by atoms with Crippen LogP contribution in [0.4, 0.5) is 5.69 Å². The van der Waals surface area contributed by atoms with Crippen molar-refractivity contribution in [2.45, 2.75) is 20.3 Å². The van der Waals surface area contributed by atoms with E-state index < -0.39 is 5.92 Å². The summed E-state index contributed by atoms with van der Waals surface area (Å²) in [4.78, 5) is 12.0. The van der Waals surface area contributed by atoms with Gasteiger partial charge in [-0.2, -0.15) is 0 Å². The third kappa shape index (κ3) is 3.37. The number of oxime groups is 1. The standard InChI is InChI=1S/C12H16ClN3O2/c1-3-8(11(14)16-18)12(17)15-10-6-7(2)4-5-9(10)13/h4-6,8,18H,3H2,1-2H3,(H2,14,16)(H,15,17). The maximum atomic E-state index is 12.0. The molecule has 1 atom stereocenters. The van der Waals surface area contributed by atoms with Gasteiger partial charge in [0.05, 0.1) is 16.6 Å². The monoisotopic (exact) mass is 269 g/mol. The summed E-state index contributed by atoms with van der Waals surface area (Å²) in [5.74, 6) is -1.13. The topological polar surface area (TPSA) is 87.7 Å². The van der Waals surface area contributed by atoms with Gasteiger partial charge < -0.3 is 16.3 Å². The van der Waals surface area contributed by atoms with E-state index in [9.17, 15) is 4.79 Å². The van der Waals surface area contributed by atoms with Crippen LogP contribution in [0, 0.1) is 12.8 Å². The summed E-state index contributed by atoms with van der Waals surface area (Å²) in [6.07, 6.45) is 0.436. The SMILES string of the molecule is CCC(C(=O)Nc1cc(C)ccc1Cl)/C(N)=N/O. The molecule has 0 radical (unpaired) electrons.